The highest BCUT2D eigenvalue weighted by Crippen LogP contribution is 2.22. The molecule has 126 valence electrons. The van der Waals surface area contributed by atoms with Gasteiger partial charge in [-0.25, -0.2) is 4.68 Å². The van der Waals surface area contributed by atoms with Crippen LogP contribution in [-0.2, 0) is 13.2 Å². The summed E-state index contributed by atoms with van der Waals surface area (Å²) in [6.07, 6.45) is 0. The topological polar surface area (TPSA) is 38.9 Å². The van der Waals surface area contributed by atoms with Gasteiger partial charge in [0.25, 0.3) is 0 Å². The molecule has 0 fully saturated rings. The van der Waals surface area contributed by atoms with Crippen LogP contribution in [0.1, 0.15) is 16.0 Å². The summed E-state index contributed by atoms with van der Waals surface area (Å²) in [5.41, 5.74) is 3.38. The summed E-state index contributed by atoms with van der Waals surface area (Å²) in [5, 5.41) is 8.39. The fraction of sp³-hybridized carbons (Fsp3) is 0.312. The Kier molecular flexibility index (Phi) is 5.15. The smallest absolute Gasteiger partial charge is 0.221 e. The largest absolute Gasteiger partial charge is 0.282 e. The van der Waals surface area contributed by atoms with Crippen LogP contribution < -0.4 is 0 Å². The Bertz CT molecular complexity index is 911. The zero-order valence-electron chi connectivity index (χ0n) is 13.7. The van der Waals surface area contributed by atoms with Gasteiger partial charge in [-0.05, 0) is 78.9 Å². The third-order valence-electron chi connectivity index (χ3n) is 3.80. The highest BCUT2D eigenvalue weighted by molar-refractivity contribution is 7.71. The molecule has 0 atom stereocenters. The van der Waals surface area contributed by atoms with Crippen LogP contribution in [-0.4, -0.2) is 31.7 Å². The first-order chi connectivity index (χ1) is 11.4. The van der Waals surface area contributed by atoms with E-state index in [1.54, 1.807) is 20.7 Å². The molecule has 0 radical (unpaired) electrons. The molecule has 3 rings (SSSR count). The summed E-state index contributed by atoms with van der Waals surface area (Å²) in [5.74, 6) is 0. The van der Waals surface area contributed by atoms with E-state index in [1.807, 2.05) is 25.2 Å². The van der Waals surface area contributed by atoms with Gasteiger partial charge >= 0.3 is 0 Å². The fourth-order valence-corrected chi connectivity index (χ4v) is 3.77. The van der Waals surface area contributed by atoms with Crippen molar-refractivity contribution in [3.8, 4) is 5.69 Å². The Morgan fingerprint density at radius 3 is 2.62 bits per heavy atom. The molecule has 1 aromatic carbocycles. The van der Waals surface area contributed by atoms with Crippen molar-refractivity contribution in [2.24, 2.45) is 0 Å². The van der Waals surface area contributed by atoms with Gasteiger partial charge in [-0.2, -0.15) is 4.68 Å². The number of aryl methyl sites for hydroxylation is 2. The second-order valence-corrected chi connectivity index (χ2v) is 7.97. The van der Waals surface area contributed by atoms with Gasteiger partial charge in [0.1, 0.15) is 0 Å². The van der Waals surface area contributed by atoms with Crippen LogP contribution in [0.25, 0.3) is 5.69 Å². The normalized spacial score (nSPS) is 11.4. The molecule has 2 aromatic heterocycles. The molecule has 0 aliphatic heterocycles. The van der Waals surface area contributed by atoms with Gasteiger partial charge in [-0.3, -0.25) is 4.90 Å². The van der Waals surface area contributed by atoms with E-state index < -0.39 is 0 Å². The van der Waals surface area contributed by atoms with Gasteiger partial charge in [0.15, 0.2) is 0 Å². The Balaban J connectivity index is 1.77. The molecular formula is C16H18ClN5S2. The summed E-state index contributed by atoms with van der Waals surface area (Å²) in [4.78, 5) is 3.33. The Morgan fingerprint density at radius 1 is 1.17 bits per heavy atom. The minimum Gasteiger partial charge on any atom is -0.282 e. The van der Waals surface area contributed by atoms with Crippen molar-refractivity contribution in [2.75, 3.05) is 7.05 Å². The molecule has 0 bridgehead atoms. The van der Waals surface area contributed by atoms with Crippen molar-refractivity contribution in [2.45, 2.75) is 27.1 Å². The second kappa shape index (κ2) is 7.14. The molecule has 24 heavy (non-hydrogen) atoms. The molecule has 0 unspecified atom stereocenters. The maximum absolute atomic E-state index is 5.98. The average Bonchev–Trinajstić information content (AvgIpc) is 3.09. The highest BCUT2D eigenvalue weighted by atomic mass is 35.5. The number of benzene rings is 1. The van der Waals surface area contributed by atoms with Gasteiger partial charge in [-0.1, -0.05) is 17.7 Å². The number of rotatable bonds is 5. The van der Waals surface area contributed by atoms with Crippen LogP contribution in [0.5, 0.6) is 0 Å². The molecule has 2 heterocycles. The minimum absolute atomic E-state index is 0.569. The first-order valence-electron chi connectivity index (χ1n) is 7.47. The lowest BCUT2D eigenvalue weighted by atomic mass is 10.1. The van der Waals surface area contributed by atoms with Gasteiger partial charge in [0, 0.05) is 11.4 Å². The zero-order chi connectivity index (χ0) is 17.3. The predicted octanol–water partition coefficient (Wildman–Crippen LogP) is 4.22. The lowest BCUT2D eigenvalue weighted by molar-refractivity contribution is 0.244. The second-order valence-electron chi connectivity index (χ2n) is 5.80. The lowest BCUT2D eigenvalue weighted by Crippen LogP contribution is -2.22. The van der Waals surface area contributed by atoms with E-state index in [-0.39, 0.29) is 0 Å². The van der Waals surface area contributed by atoms with E-state index >= 15 is 0 Å². The number of tetrazole rings is 1. The quantitative estimate of drug-likeness (QED) is 0.622. The molecule has 3 aromatic rings. The van der Waals surface area contributed by atoms with E-state index in [4.69, 9.17) is 23.8 Å². The van der Waals surface area contributed by atoms with Gasteiger partial charge in [0.2, 0.25) is 4.77 Å². The van der Waals surface area contributed by atoms with Gasteiger partial charge < -0.3 is 0 Å². The van der Waals surface area contributed by atoms with Gasteiger partial charge in [-0.15, -0.1) is 11.3 Å². The summed E-state index contributed by atoms with van der Waals surface area (Å²) >= 11 is 13.1. The summed E-state index contributed by atoms with van der Waals surface area (Å²) in [7, 11) is 2.02. The number of halogens is 1. The van der Waals surface area contributed by atoms with Crippen LogP contribution in [0, 0.1) is 18.6 Å². The monoisotopic (exact) mass is 379 g/mol. The van der Waals surface area contributed by atoms with Crippen molar-refractivity contribution in [3.05, 3.63) is 55.4 Å². The third-order valence-corrected chi connectivity index (χ3v) is 5.40. The SMILES string of the molecule is Cc1ccc(-n2nnn(CN(C)Cc3ccc(Cl)s3)c2=S)cc1C. The maximum Gasteiger partial charge on any atom is 0.221 e. The molecular weight excluding hydrogens is 362 g/mol. The third kappa shape index (κ3) is 3.75. The molecule has 0 aliphatic rings. The summed E-state index contributed by atoms with van der Waals surface area (Å²) < 4.78 is 4.79. The van der Waals surface area contributed by atoms with Crippen molar-refractivity contribution in [1.82, 2.24) is 24.7 Å². The van der Waals surface area contributed by atoms with Crippen molar-refractivity contribution >= 4 is 35.2 Å². The Hall–Kier alpha value is -1.54. The predicted molar refractivity (Wildman–Crippen MR) is 100 cm³/mol. The van der Waals surface area contributed by atoms with E-state index in [0.29, 0.717) is 11.4 Å². The number of thiophene rings is 1. The molecule has 0 saturated carbocycles. The number of hydrogen-bond acceptors (Lipinski definition) is 5. The van der Waals surface area contributed by atoms with Crippen LogP contribution in [0.4, 0.5) is 0 Å². The summed E-state index contributed by atoms with van der Waals surface area (Å²) in [6, 6.07) is 10.1. The van der Waals surface area contributed by atoms with E-state index in [9.17, 15) is 0 Å². The van der Waals surface area contributed by atoms with Crippen molar-refractivity contribution in [3.63, 3.8) is 0 Å². The molecule has 8 heteroatoms. The van der Waals surface area contributed by atoms with Gasteiger partial charge in [0.05, 0.1) is 16.7 Å². The fourth-order valence-electron chi connectivity index (χ4n) is 2.36. The highest BCUT2D eigenvalue weighted by Gasteiger charge is 2.10. The first kappa shape index (κ1) is 17.3. The van der Waals surface area contributed by atoms with Crippen LogP contribution in [0.3, 0.4) is 0 Å². The molecule has 0 amide bonds. The number of nitrogens with zero attached hydrogens (tertiary/aromatic N) is 5. The maximum atomic E-state index is 5.98. The average molecular weight is 380 g/mol. The molecule has 0 saturated heterocycles. The van der Waals surface area contributed by atoms with Crippen LogP contribution >= 0.6 is 35.2 Å². The Labute approximate surface area is 155 Å². The number of aromatic nitrogens is 4. The van der Waals surface area contributed by atoms with E-state index in [0.717, 1.165) is 16.6 Å². The van der Waals surface area contributed by atoms with E-state index in [2.05, 4.69) is 41.3 Å². The minimum atomic E-state index is 0.569. The van der Waals surface area contributed by atoms with Crippen molar-refractivity contribution in [1.29, 1.82) is 0 Å². The van der Waals surface area contributed by atoms with Crippen LogP contribution in [0.2, 0.25) is 4.34 Å². The Morgan fingerprint density at radius 2 is 1.96 bits per heavy atom. The van der Waals surface area contributed by atoms with E-state index in [1.165, 1.54) is 16.0 Å². The lowest BCUT2D eigenvalue weighted by Gasteiger charge is -2.14. The molecule has 0 N–H and O–H groups in total. The first-order valence-corrected chi connectivity index (χ1v) is 9.07. The molecule has 0 spiro atoms. The summed E-state index contributed by atoms with van der Waals surface area (Å²) in [6.45, 7) is 5.52. The standard InChI is InChI=1S/C16H18ClN5S2/c1-11-4-5-13(8-12(11)2)22-16(23)21(18-19-22)10-20(3)9-14-6-7-15(17)24-14/h4-8H,9-10H2,1-3H3. The molecule has 0 aliphatic carbocycles. The number of hydrogen-bond donors (Lipinski definition) is 0. The zero-order valence-corrected chi connectivity index (χ0v) is 16.1. The molecule has 5 nitrogen and oxygen atoms in total. The van der Waals surface area contributed by atoms with Crippen molar-refractivity contribution < 1.29 is 0 Å². The van der Waals surface area contributed by atoms with Crippen LogP contribution in [0.15, 0.2) is 30.3 Å².